The Kier molecular flexibility index (Phi) is 7.37. The lowest BCUT2D eigenvalue weighted by molar-refractivity contribution is -0.164. The monoisotopic (exact) mass is 262 g/mol. The molecule has 0 aromatic rings. The molecule has 7 nitrogen and oxygen atoms in total. The third-order valence-electron chi connectivity index (χ3n) is 2.40. The number of allylic oxidation sites excluding steroid dienone is 1. The number of esters is 1. The smallest absolute Gasteiger partial charge is 0.334 e. The first-order valence-corrected chi connectivity index (χ1v) is 5.33. The molecule has 0 saturated heterocycles. The second-order valence-electron chi connectivity index (χ2n) is 3.71. The summed E-state index contributed by atoms with van der Waals surface area (Å²) in [4.78, 5) is 22.1. The summed E-state index contributed by atoms with van der Waals surface area (Å²) in [5, 5.41) is 36.6. The van der Waals surface area contributed by atoms with Gasteiger partial charge in [0, 0.05) is 5.57 Å². The van der Waals surface area contributed by atoms with Gasteiger partial charge in [-0.15, -0.1) is 0 Å². The van der Waals surface area contributed by atoms with Crippen molar-refractivity contribution in [3.05, 3.63) is 11.6 Å². The third kappa shape index (κ3) is 4.53. The molecule has 7 heteroatoms. The van der Waals surface area contributed by atoms with Gasteiger partial charge in [0.25, 0.3) is 0 Å². The van der Waals surface area contributed by atoms with Crippen LogP contribution in [-0.2, 0) is 14.3 Å². The van der Waals surface area contributed by atoms with Crippen molar-refractivity contribution in [1.82, 2.24) is 0 Å². The first-order valence-electron chi connectivity index (χ1n) is 5.33. The van der Waals surface area contributed by atoms with E-state index in [1.54, 1.807) is 6.92 Å². The number of ether oxygens (including phenoxy) is 1. The van der Waals surface area contributed by atoms with Crippen LogP contribution in [0, 0.1) is 0 Å². The van der Waals surface area contributed by atoms with Gasteiger partial charge in [-0.25, -0.2) is 4.79 Å². The van der Waals surface area contributed by atoms with E-state index in [-0.39, 0.29) is 11.9 Å². The van der Waals surface area contributed by atoms with Crippen LogP contribution in [0.3, 0.4) is 0 Å². The topological polar surface area (TPSA) is 124 Å². The van der Waals surface area contributed by atoms with E-state index in [9.17, 15) is 19.8 Å². The maximum absolute atomic E-state index is 11.4. The van der Waals surface area contributed by atoms with Crippen LogP contribution >= 0.6 is 0 Å². The van der Waals surface area contributed by atoms with E-state index >= 15 is 0 Å². The van der Waals surface area contributed by atoms with Gasteiger partial charge in [0.15, 0.2) is 12.4 Å². The molecule has 0 bridgehead atoms. The van der Waals surface area contributed by atoms with Gasteiger partial charge in [-0.05, 0) is 13.8 Å². The molecule has 0 heterocycles. The van der Waals surface area contributed by atoms with Crippen LogP contribution in [0.2, 0.25) is 0 Å². The molecule has 0 rings (SSSR count). The van der Waals surface area contributed by atoms with Gasteiger partial charge in [0.2, 0.25) is 0 Å². The SMILES string of the molecule is C/C=C(\C)C(=O)O[C@@H](C=O)[C@@H](O)[C@H](O)[C@H](O)CO. The maximum Gasteiger partial charge on any atom is 0.334 e. The minimum atomic E-state index is -1.82. The number of aliphatic hydroxyl groups excluding tert-OH is 4. The summed E-state index contributed by atoms with van der Waals surface area (Å²) in [5.74, 6) is -0.820. The number of carbonyl (C=O) groups excluding carboxylic acids is 2. The van der Waals surface area contributed by atoms with Crippen molar-refractivity contribution in [2.75, 3.05) is 6.61 Å². The Labute approximate surface area is 104 Å². The standard InChI is InChI=1S/C11H18O7/c1-3-6(2)11(17)18-8(5-13)10(16)9(15)7(14)4-12/h3,5,7-10,12,14-16H,4H2,1-2H3/b6-3+/t7-,8+,9-,10-/m1/s1. The minimum Gasteiger partial charge on any atom is -0.448 e. The van der Waals surface area contributed by atoms with Crippen molar-refractivity contribution in [3.8, 4) is 0 Å². The highest BCUT2D eigenvalue weighted by Gasteiger charge is 2.33. The first-order chi connectivity index (χ1) is 8.38. The highest BCUT2D eigenvalue weighted by atomic mass is 16.6. The zero-order chi connectivity index (χ0) is 14.3. The van der Waals surface area contributed by atoms with Crippen molar-refractivity contribution < 1.29 is 34.8 Å². The molecule has 18 heavy (non-hydrogen) atoms. The molecule has 0 aliphatic carbocycles. The highest BCUT2D eigenvalue weighted by Crippen LogP contribution is 2.09. The van der Waals surface area contributed by atoms with Gasteiger partial charge in [-0.1, -0.05) is 6.08 Å². The van der Waals surface area contributed by atoms with E-state index in [1.807, 2.05) is 0 Å². The van der Waals surface area contributed by atoms with Crippen LogP contribution in [0.4, 0.5) is 0 Å². The Bertz CT molecular complexity index is 313. The number of aliphatic hydroxyl groups is 4. The highest BCUT2D eigenvalue weighted by molar-refractivity contribution is 5.88. The molecule has 0 aromatic heterocycles. The average molecular weight is 262 g/mol. The van der Waals surface area contributed by atoms with Crippen molar-refractivity contribution >= 4 is 12.3 Å². The van der Waals surface area contributed by atoms with Crippen LogP contribution in [-0.4, -0.2) is 63.7 Å². The molecule has 0 aliphatic heterocycles. The maximum atomic E-state index is 11.4. The zero-order valence-electron chi connectivity index (χ0n) is 10.2. The normalized spacial score (nSPS) is 18.7. The second kappa shape index (κ2) is 7.93. The van der Waals surface area contributed by atoms with Crippen LogP contribution in [0.25, 0.3) is 0 Å². The van der Waals surface area contributed by atoms with Crippen LogP contribution in [0.1, 0.15) is 13.8 Å². The number of aldehydes is 1. The number of hydrogen-bond acceptors (Lipinski definition) is 7. The summed E-state index contributed by atoms with van der Waals surface area (Å²) in [6.45, 7) is 2.24. The van der Waals surface area contributed by atoms with Gasteiger partial charge in [-0.3, -0.25) is 4.79 Å². The van der Waals surface area contributed by atoms with Crippen molar-refractivity contribution in [2.45, 2.75) is 38.3 Å². The van der Waals surface area contributed by atoms with E-state index in [4.69, 9.17) is 10.2 Å². The number of rotatable bonds is 7. The second-order valence-corrected chi connectivity index (χ2v) is 3.71. The summed E-state index contributed by atoms with van der Waals surface area (Å²) in [5.41, 5.74) is 0.228. The largest absolute Gasteiger partial charge is 0.448 e. The molecule has 4 atom stereocenters. The Morgan fingerprint density at radius 3 is 2.22 bits per heavy atom. The molecule has 0 amide bonds. The molecular weight excluding hydrogens is 244 g/mol. The molecule has 0 aromatic carbocycles. The Morgan fingerprint density at radius 1 is 1.28 bits per heavy atom. The molecule has 0 spiro atoms. The molecule has 0 saturated carbocycles. The molecular formula is C11H18O7. The fraction of sp³-hybridized carbons (Fsp3) is 0.636. The fourth-order valence-corrected chi connectivity index (χ4v) is 1.04. The molecule has 104 valence electrons. The molecule has 0 fully saturated rings. The van der Waals surface area contributed by atoms with E-state index in [0.29, 0.717) is 0 Å². The first kappa shape index (κ1) is 16.7. The van der Waals surface area contributed by atoms with E-state index < -0.39 is 37.0 Å². The van der Waals surface area contributed by atoms with Crippen molar-refractivity contribution in [1.29, 1.82) is 0 Å². The van der Waals surface area contributed by atoms with Gasteiger partial charge in [0.1, 0.15) is 18.3 Å². The fourth-order valence-electron chi connectivity index (χ4n) is 1.04. The lowest BCUT2D eigenvalue weighted by atomic mass is 10.0. The summed E-state index contributed by atoms with van der Waals surface area (Å²) < 4.78 is 4.65. The van der Waals surface area contributed by atoms with Crippen LogP contribution < -0.4 is 0 Å². The minimum absolute atomic E-state index is 0.138. The van der Waals surface area contributed by atoms with Crippen molar-refractivity contribution in [2.24, 2.45) is 0 Å². The molecule has 0 unspecified atom stereocenters. The van der Waals surface area contributed by atoms with E-state index in [0.717, 1.165) is 0 Å². The third-order valence-corrected chi connectivity index (χ3v) is 2.40. The predicted octanol–water partition coefficient (Wildman–Crippen LogP) is -1.86. The number of carbonyl (C=O) groups is 2. The lowest BCUT2D eigenvalue weighted by Crippen LogP contribution is -2.48. The van der Waals surface area contributed by atoms with Gasteiger partial charge < -0.3 is 25.2 Å². The van der Waals surface area contributed by atoms with E-state index in [2.05, 4.69) is 4.74 Å². The summed E-state index contributed by atoms with van der Waals surface area (Å²) in [6.07, 6.45) is -5.29. The Hall–Kier alpha value is -1.28. The lowest BCUT2D eigenvalue weighted by Gasteiger charge is -2.25. The van der Waals surface area contributed by atoms with Crippen LogP contribution in [0.5, 0.6) is 0 Å². The van der Waals surface area contributed by atoms with Crippen LogP contribution in [0.15, 0.2) is 11.6 Å². The summed E-state index contributed by atoms with van der Waals surface area (Å²) >= 11 is 0. The summed E-state index contributed by atoms with van der Waals surface area (Å²) in [6, 6.07) is 0. The zero-order valence-corrected chi connectivity index (χ0v) is 10.2. The van der Waals surface area contributed by atoms with E-state index in [1.165, 1.54) is 13.0 Å². The molecule has 0 aliphatic rings. The summed E-state index contributed by atoms with van der Waals surface area (Å²) in [7, 11) is 0. The predicted molar refractivity (Wildman–Crippen MR) is 60.5 cm³/mol. The van der Waals surface area contributed by atoms with Gasteiger partial charge >= 0.3 is 5.97 Å². The van der Waals surface area contributed by atoms with Gasteiger partial charge in [-0.2, -0.15) is 0 Å². The quantitative estimate of drug-likeness (QED) is 0.241. The van der Waals surface area contributed by atoms with Crippen molar-refractivity contribution in [3.63, 3.8) is 0 Å². The van der Waals surface area contributed by atoms with Gasteiger partial charge in [0.05, 0.1) is 6.61 Å². The molecule has 4 N–H and O–H groups in total. The average Bonchev–Trinajstić information content (AvgIpc) is 2.40. The molecule has 0 radical (unpaired) electrons. The number of hydrogen-bond donors (Lipinski definition) is 4. The Morgan fingerprint density at radius 2 is 1.83 bits per heavy atom. The Balaban J connectivity index is 4.68.